The summed E-state index contributed by atoms with van der Waals surface area (Å²) in [5.74, 6) is -0.924. The molecule has 0 unspecified atom stereocenters. The van der Waals surface area contributed by atoms with Crippen molar-refractivity contribution in [2.45, 2.75) is 50.6 Å². The minimum atomic E-state index is -0.462. The van der Waals surface area contributed by atoms with E-state index in [1.807, 2.05) is 4.90 Å². The Hall–Kier alpha value is -1.16. The Morgan fingerprint density at radius 3 is 2.25 bits per heavy atom. The van der Waals surface area contributed by atoms with E-state index in [9.17, 15) is 8.78 Å². The van der Waals surface area contributed by atoms with Crippen LogP contribution in [0.3, 0.4) is 0 Å². The number of nitrogens with zero attached hydrogens (tertiary/aromatic N) is 1. The van der Waals surface area contributed by atoms with Gasteiger partial charge in [0.25, 0.3) is 0 Å². The van der Waals surface area contributed by atoms with Crippen molar-refractivity contribution in [3.05, 3.63) is 29.8 Å². The fourth-order valence-electron chi connectivity index (χ4n) is 3.98. The average molecular weight is 280 g/mol. The molecule has 1 saturated carbocycles. The molecule has 1 N–H and O–H groups in total. The van der Waals surface area contributed by atoms with Crippen molar-refractivity contribution in [1.29, 1.82) is 0 Å². The molecule has 0 amide bonds. The molecule has 0 radical (unpaired) electrons. The average Bonchev–Trinajstić information content (AvgIpc) is 2.74. The van der Waals surface area contributed by atoms with Gasteiger partial charge in [-0.2, -0.15) is 0 Å². The smallest absolute Gasteiger partial charge is 0.149 e. The topological polar surface area (TPSA) is 15.3 Å². The first-order chi connectivity index (χ1) is 9.41. The van der Waals surface area contributed by atoms with Crippen molar-refractivity contribution >= 4 is 5.69 Å². The maximum absolute atomic E-state index is 14.1. The zero-order chi connectivity index (χ0) is 14.4. The van der Waals surface area contributed by atoms with E-state index in [0.29, 0.717) is 13.1 Å². The third-order valence-corrected chi connectivity index (χ3v) is 4.50. The van der Waals surface area contributed by atoms with Crippen LogP contribution in [0, 0.1) is 11.6 Å². The number of hydrogen-bond donors (Lipinski definition) is 1. The third-order valence-electron chi connectivity index (χ3n) is 4.50. The molecule has 1 heterocycles. The van der Waals surface area contributed by atoms with Gasteiger partial charge in [0.2, 0.25) is 0 Å². The quantitative estimate of drug-likeness (QED) is 0.847. The highest BCUT2D eigenvalue weighted by Gasteiger charge is 2.45. The first-order valence-corrected chi connectivity index (χ1v) is 7.39. The van der Waals surface area contributed by atoms with E-state index < -0.39 is 11.6 Å². The fraction of sp³-hybridized carbons (Fsp3) is 0.625. The number of para-hydroxylation sites is 1. The summed E-state index contributed by atoms with van der Waals surface area (Å²) >= 11 is 0. The predicted molar refractivity (Wildman–Crippen MR) is 77.0 cm³/mol. The lowest BCUT2D eigenvalue weighted by Gasteiger charge is -2.50. The lowest BCUT2D eigenvalue weighted by molar-refractivity contribution is 0.196. The van der Waals surface area contributed by atoms with Crippen LogP contribution >= 0.6 is 0 Å². The Morgan fingerprint density at radius 1 is 1.05 bits per heavy atom. The SMILES string of the molecule is CC1(C)CN(c2c(F)cccc2F)CC2(CCCC2)N1. The standard InChI is InChI=1S/C16H22F2N2/c1-15(2)10-20(11-16(19-15)8-3-4-9-16)14-12(17)6-5-7-13(14)18/h5-7,19H,3-4,8-11H2,1-2H3. The van der Waals surface area contributed by atoms with Crippen molar-refractivity contribution in [3.63, 3.8) is 0 Å². The molecule has 1 saturated heterocycles. The highest BCUT2D eigenvalue weighted by atomic mass is 19.1. The van der Waals surface area contributed by atoms with Crippen molar-refractivity contribution in [2.75, 3.05) is 18.0 Å². The van der Waals surface area contributed by atoms with Gasteiger partial charge in [-0.15, -0.1) is 0 Å². The number of rotatable bonds is 1. The molecule has 1 spiro atoms. The fourth-order valence-corrected chi connectivity index (χ4v) is 3.98. The monoisotopic (exact) mass is 280 g/mol. The summed E-state index contributed by atoms with van der Waals surface area (Å²) in [4.78, 5) is 1.90. The Balaban J connectivity index is 1.96. The third kappa shape index (κ3) is 2.41. The molecule has 1 aliphatic heterocycles. The number of piperazine rings is 1. The van der Waals surface area contributed by atoms with Gasteiger partial charge in [-0.3, -0.25) is 0 Å². The van der Waals surface area contributed by atoms with Crippen LogP contribution in [0.1, 0.15) is 39.5 Å². The maximum Gasteiger partial charge on any atom is 0.149 e. The van der Waals surface area contributed by atoms with Crippen LogP contribution in [0.15, 0.2) is 18.2 Å². The largest absolute Gasteiger partial charge is 0.363 e. The Bertz CT molecular complexity index is 487. The number of benzene rings is 1. The molecule has 0 aromatic heterocycles. The van der Waals surface area contributed by atoms with Gasteiger partial charge in [-0.1, -0.05) is 18.9 Å². The normalized spacial score (nSPS) is 24.3. The minimum absolute atomic E-state index is 0.0104. The molecule has 1 aromatic rings. The van der Waals surface area contributed by atoms with Gasteiger partial charge < -0.3 is 10.2 Å². The van der Waals surface area contributed by atoms with Crippen molar-refractivity contribution in [1.82, 2.24) is 5.32 Å². The number of hydrogen-bond acceptors (Lipinski definition) is 2. The second-order valence-electron chi connectivity index (χ2n) is 6.92. The molecule has 1 aliphatic carbocycles. The Morgan fingerprint density at radius 2 is 1.65 bits per heavy atom. The molecule has 0 bridgehead atoms. The van der Waals surface area contributed by atoms with Gasteiger partial charge in [-0.25, -0.2) is 8.78 Å². The molecule has 4 heteroatoms. The second-order valence-corrected chi connectivity index (χ2v) is 6.92. The molecular formula is C16H22F2N2. The molecule has 1 aromatic carbocycles. The van der Waals surface area contributed by atoms with Crippen molar-refractivity contribution in [3.8, 4) is 0 Å². The highest BCUT2D eigenvalue weighted by molar-refractivity contribution is 5.51. The van der Waals surface area contributed by atoms with Crippen LogP contribution in [0.5, 0.6) is 0 Å². The molecule has 20 heavy (non-hydrogen) atoms. The molecule has 2 nitrogen and oxygen atoms in total. The Labute approximate surface area is 119 Å². The first-order valence-electron chi connectivity index (χ1n) is 7.39. The summed E-state index contributed by atoms with van der Waals surface area (Å²) in [7, 11) is 0. The predicted octanol–water partition coefficient (Wildman–Crippen LogP) is 3.47. The molecule has 0 atom stereocenters. The van der Waals surface area contributed by atoms with E-state index in [4.69, 9.17) is 0 Å². The molecule has 2 fully saturated rings. The van der Waals surface area contributed by atoms with Crippen LogP contribution in [-0.4, -0.2) is 24.2 Å². The van der Waals surface area contributed by atoms with Gasteiger partial charge in [0.05, 0.1) is 0 Å². The summed E-state index contributed by atoms with van der Waals surface area (Å²) in [5, 5.41) is 3.72. The van der Waals surface area contributed by atoms with E-state index in [2.05, 4.69) is 19.2 Å². The summed E-state index contributed by atoms with van der Waals surface area (Å²) < 4.78 is 28.1. The second kappa shape index (κ2) is 4.69. The summed E-state index contributed by atoms with van der Waals surface area (Å²) in [5.41, 5.74) is 0.00156. The van der Waals surface area contributed by atoms with Crippen LogP contribution in [0.25, 0.3) is 0 Å². The number of nitrogens with one attached hydrogen (secondary N) is 1. The molecule has 2 aliphatic rings. The van der Waals surface area contributed by atoms with E-state index in [-0.39, 0.29) is 16.8 Å². The summed E-state index contributed by atoms with van der Waals surface area (Å²) in [6.07, 6.45) is 4.55. The molecule has 3 rings (SSSR count). The minimum Gasteiger partial charge on any atom is -0.363 e. The summed E-state index contributed by atoms with van der Waals surface area (Å²) in [6.45, 7) is 5.52. The van der Waals surface area contributed by atoms with E-state index in [1.54, 1.807) is 0 Å². The maximum atomic E-state index is 14.1. The lowest BCUT2D eigenvalue weighted by atomic mass is 9.87. The number of halogens is 2. The van der Waals surface area contributed by atoms with E-state index in [1.165, 1.54) is 31.0 Å². The molecule has 110 valence electrons. The van der Waals surface area contributed by atoms with Crippen LogP contribution in [0.4, 0.5) is 14.5 Å². The van der Waals surface area contributed by atoms with E-state index >= 15 is 0 Å². The zero-order valence-corrected chi connectivity index (χ0v) is 12.2. The number of anilines is 1. The van der Waals surface area contributed by atoms with Gasteiger partial charge in [-0.05, 0) is 38.8 Å². The Kier molecular flexibility index (Phi) is 3.24. The zero-order valence-electron chi connectivity index (χ0n) is 12.2. The first kappa shape index (κ1) is 13.8. The van der Waals surface area contributed by atoms with Gasteiger partial charge in [0.1, 0.15) is 17.3 Å². The van der Waals surface area contributed by atoms with Gasteiger partial charge >= 0.3 is 0 Å². The lowest BCUT2D eigenvalue weighted by Crippen LogP contribution is -2.68. The molecular weight excluding hydrogens is 258 g/mol. The van der Waals surface area contributed by atoms with Crippen LogP contribution in [-0.2, 0) is 0 Å². The van der Waals surface area contributed by atoms with Gasteiger partial charge in [0.15, 0.2) is 0 Å². The van der Waals surface area contributed by atoms with E-state index in [0.717, 1.165) is 12.8 Å². The summed E-state index contributed by atoms with van der Waals surface area (Å²) in [6, 6.07) is 4.11. The highest BCUT2D eigenvalue weighted by Crippen LogP contribution is 2.38. The van der Waals surface area contributed by atoms with Crippen molar-refractivity contribution in [2.24, 2.45) is 0 Å². The van der Waals surface area contributed by atoms with Crippen LogP contribution in [0.2, 0.25) is 0 Å². The van der Waals surface area contributed by atoms with Gasteiger partial charge in [0, 0.05) is 24.2 Å². The van der Waals surface area contributed by atoms with Crippen molar-refractivity contribution < 1.29 is 8.78 Å². The van der Waals surface area contributed by atoms with Crippen LogP contribution < -0.4 is 10.2 Å².